The average molecular weight is 358 g/mol. The molecule has 0 saturated carbocycles. The quantitative estimate of drug-likeness (QED) is 0.774. The Morgan fingerprint density at radius 1 is 1.35 bits per heavy atom. The molecule has 1 aromatic heterocycles. The number of hydrogen-bond acceptors (Lipinski definition) is 4. The lowest BCUT2D eigenvalue weighted by Crippen LogP contribution is -2.35. The van der Waals surface area contributed by atoms with Crippen LogP contribution in [0.1, 0.15) is 43.0 Å². The van der Waals surface area contributed by atoms with E-state index in [1.807, 2.05) is 0 Å². The molecule has 2 N–H and O–H groups in total. The van der Waals surface area contributed by atoms with Gasteiger partial charge in [0.2, 0.25) is 0 Å². The largest absolute Gasteiger partial charge is 0.481 e. The zero-order valence-electron chi connectivity index (χ0n) is 14.6. The summed E-state index contributed by atoms with van der Waals surface area (Å²) in [6.45, 7) is 5.56. The number of carboxylic acids is 2. The van der Waals surface area contributed by atoms with Crippen LogP contribution in [0.2, 0.25) is 0 Å². The summed E-state index contributed by atoms with van der Waals surface area (Å²) in [6.07, 6.45) is 8.34. The van der Waals surface area contributed by atoms with E-state index in [-0.39, 0.29) is 30.6 Å². The van der Waals surface area contributed by atoms with Crippen LogP contribution in [-0.2, 0) is 9.59 Å². The zero-order chi connectivity index (χ0) is 19.3. The Bertz CT molecular complexity index is 768. The summed E-state index contributed by atoms with van der Waals surface area (Å²) in [5, 5.41) is 19.0. The Labute approximate surface area is 151 Å². The van der Waals surface area contributed by atoms with Gasteiger partial charge in [0.05, 0.1) is 23.3 Å². The number of Topliss-reactive ketones (excluding diaryl/α,β-unsaturated/α-hetero) is 1. The predicted molar refractivity (Wildman–Crippen MR) is 94.7 cm³/mol. The van der Waals surface area contributed by atoms with E-state index in [0.717, 1.165) is 0 Å². The van der Waals surface area contributed by atoms with Crippen LogP contribution in [0.5, 0.6) is 0 Å². The van der Waals surface area contributed by atoms with Gasteiger partial charge in [-0.25, -0.2) is 4.79 Å². The lowest BCUT2D eigenvalue weighted by atomic mass is 9.68. The molecule has 2 unspecified atom stereocenters. The number of furan rings is 1. The molecule has 26 heavy (non-hydrogen) atoms. The third-order valence-corrected chi connectivity index (χ3v) is 4.88. The number of hydrogen-bond donors (Lipinski definition) is 2. The molecule has 0 saturated heterocycles. The first-order chi connectivity index (χ1) is 12.2. The molecule has 1 aromatic rings. The Balaban J connectivity index is 2.35. The maximum atomic E-state index is 12.5. The van der Waals surface area contributed by atoms with Crippen molar-refractivity contribution >= 4 is 17.7 Å². The lowest BCUT2D eigenvalue weighted by Gasteiger charge is -2.34. The number of carboxylic acid groups (broad SMARTS) is 2. The number of aliphatic carboxylic acids is 2. The van der Waals surface area contributed by atoms with Crippen molar-refractivity contribution in [2.24, 2.45) is 11.3 Å². The molecular weight excluding hydrogens is 336 g/mol. The van der Waals surface area contributed by atoms with Gasteiger partial charge in [-0.1, -0.05) is 25.7 Å². The zero-order valence-corrected chi connectivity index (χ0v) is 14.6. The molecule has 6 nitrogen and oxygen atoms in total. The van der Waals surface area contributed by atoms with E-state index >= 15 is 0 Å². The van der Waals surface area contributed by atoms with Crippen LogP contribution in [0, 0.1) is 11.3 Å². The molecule has 1 heterocycles. The maximum Gasteiger partial charge on any atom is 0.335 e. The van der Waals surface area contributed by atoms with E-state index in [9.17, 15) is 24.6 Å². The van der Waals surface area contributed by atoms with Crippen LogP contribution in [0.15, 0.2) is 59.0 Å². The van der Waals surface area contributed by atoms with Crippen molar-refractivity contribution in [3.05, 3.63) is 60.1 Å². The van der Waals surface area contributed by atoms with Crippen molar-refractivity contribution in [3.8, 4) is 0 Å². The summed E-state index contributed by atoms with van der Waals surface area (Å²) in [5.41, 5.74) is 0.0436. The molecule has 2 rings (SSSR count). The van der Waals surface area contributed by atoms with Crippen molar-refractivity contribution in [1.29, 1.82) is 0 Å². The average Bonchev–Trinajstić information content (AvgIpc) is 3.08. The van der Waals surface area contributed by atoms with Crippen LogP contribution in [-0.4, -0.2) is 27.9 Å². The van der Waals surface area contributed by atoms with Crippen molar-refractivity contribution in [2.75, 3.05) is 0 Å². The smallest absolute Gasteiger partial charge is 0.335 e. The number of carbonyl (C=O) groups excluding carboxylic acids is 1. The molecule has 6 heteroatoms. The fourth-order valence-corrected chi connectivity index (χ4v) is 3.29. The van der Waals surface area contributed by atoms with Gasteiger partial charge in [-0.15, -0.1) is 0 Å². The van der Waals surface area contributed by atoms with Crippen molar-refractivity contribution in [2.45, 2.75) is 32.6 Å². The van der Waals surface area contributed by atoms with Gasteiger partial charge in [-0.05, 0) is 42.4 Å². The highest BCUT2D eigenvalue weighted by Gasteiger charge is 2.40. The lowest BCUT2D eigenvalue weighted by molar-refractivity contribution is -0.146. The molecule has 0 bridgehead atoms. The predicted octanol–water partition coefficient (Wildman–Crippen LogP) is 3.87. The minimum atomic E-state index is -1.09. The molecule has 0 spiro atoms. The molecule has 1 aliphatic rings. The normalized spacial score (nSPS) is 24.0. The first kappa shape index (κ1) is 19.4. The molecule has 0 aromatic carbocycles. The Kier molecular flexibility index (Phi) is 5.97. The van der Waals surface area contributed by atoms with Gasteiger partial charge in [0.1, 0.15) is 6.26 Å². The summed E-state index contributed by atoms with van der Waals surface area (Å²) in [4.78, 5) is 35.7. The number of carbonyl (C=O) groups is 3. The molecule has 1 aliphatic carbocycles. The summed E-state index contributed by atoms with van der Waals surface area (Å²) in [6, 6.07) is 1.56. The SMILES string of the molecule is C=C1CCC(C(=O)O)C(C)(CC(=O)c2ccoc2)CC=CC=C1C(=O)O. The van der Waals surface area contributed by atoms with E-state index in [1.54, 1.807) is 25.1 Å². The van der Waals surface area contributed by atoms with Gasteiger partial charge < -0.3 is 14.6 Å². The summed E-state index contributed by atoms with van der Waals surface area (Å²) in [5.74, 6) is -3.09. The fraction of sp³-hybridized carbons (Fsp3) is 0.350. The van der Waals surface area contributed by atoms with Gasteiger partial charge in [-0.2, -0.15) is 0 Å². The fourth-order valence-electron chi connectivity index (χ4n) is 3.29. The van der Waals surface area contributed by atoms with Gasteiger partial charge in [0.25, 0.3) is 0 Å². The molecule has 138 valence electrons. The Hall–Kier alpha value is -2.89. The van der Waals surface area contributed by atoms with Crippen molar-refractivity contribution in [3.63, 3.8) is 0 Å². The first-order valence-electron chi connectivity index (χ1n) is 8.31. The molecule has 0 radical (unpaired) electrons. The van der Waals surface area contributed by atoms with Crippen molar-refractivity contribution < 1.29 is 29.0 Å². The molecule has 2 atom stereocenters. The van der Waals surface area contributed by atoms with E-state index in [1.165, 1.54) is 18.6 Å². The number of allylic oxidation sites excluding steroid dienone is 3. The first-order valence-corrected chi connectivity index (χ1v) is 8.31. The van der Waals surface area contributed by atoms with Crippen molar-refractivity contribution in [1.82, 2.24) is 0 Å². The van der Waals surface area contributed by atoms with Crippen LogP contribution in [0.3, 0.4) is 0 Å². The topological polar surface area (TPSA) is 105 Å². The highest BCUT2D eigenvalue weighted by Crippen LogP contribution is 2.41. The van der Waals surface area contributed by atoms with Crippen LogP contribution in [0.25, 0.3) is 0 Å². The third-order valence-electron chi connectivity index (χ3n) is 4.88. The van der Waals surface area contributed by atoms with E-state index in [2.05, 4.69) is 6.58 Å². The summed E-state index contributed by atoms with van der Waals surface area (Å²) < 4.78 is 4.94. The van der Waals surface area contributed by atoms with Crippen LogP contribution >= 0.6 is 0 Å². The van der Waals surface area contributed by atoms with Crippen LogP contribution in [0.4, 0.5) is 0 Å². The standard InChI is InChI=1S/C20H22O6/c1-13-6-7-16(19(24)25)20(2,9-4-3-5-15(13)18(22)23)11-17(21)14-8-10-26-12-14/h3-5,8,10,12,16H,1,6-7,9,11H2,2H3,(H,22,23)(H,24,25). The molecule has 0 aliphatic heterocycles. The second kappa shape index (κ2) is 7.99. The van der Waals surface area contributed by atoms with Gasteiger partial charge in [-0.3, -0.25) is 9.59 Å². The van der Waals surface area contributed by atoms with Gasteiger partial charge in [0.15, 0.2) is 5.78 Å². The number of ketones is 1. The second-order valence-corrected chi connectivity index (χ2v) is 6.82. The van der Waals surface area contributed by atoms with Gasteiger partial charge in [0, 0.05) is 6.42 Å². The highest BCUT2D eigenvalue weighted by molar-refractivity contribution is 5.96. The van der Waals surface area contributed by atoms with Crippen LogP contribution < -0.4 is 0 Å². The Morgan fingerprint density at radius 3 is 2.65 bits per heavy atom. The number of rotatable bonds is 5. The van der Waals surface area contributed by atoms with E-state index < -0.39 is 23.3 Å². The second-order valence-electron chi connectivity index (χ2n) is 6.82. The third kappa shape index (κ3) is 4.39. The minimum absolute atomic E-state index is 0.0514. The highest BCUT2D eigenvalue weighted by atomic mass is 16.4. The maximum absolute atomic E-state index is 12.5. The van der Waals surface area contributed by atoms with E-state index in [4.69, 9.17) is 4.42 Å². The van der Waals surface area contributed by atoms with E-state index in [0.29, 0.717) is 17.6 Å². The molecular formula is C20H22O6. The Morgan fingerprint density at radius 2 is 2.08 bits per heavy atom. The van der Waals surface area contributed by atoms with Gasteiger partial charge >= 0.3 is 11.9 Å². The minimum Gasteiger partial charge on any atom is -0.481 e. The summed E-state index contributed by atoms with van der Waals surface area (Å²) >= 11 is 0. The molecule has 0 amide bonds. The monoisotopic (exact) mass is 358 g/mol. The molecule has 0 fully saturated rings. The summed E-state index contributed by atoms with van der Waals surface area (Å²) in [7, 11) is 0.